The molecular formula is C9H13N7O. The topological polar surface area (TPSA) is 95.8 Å². The molecule has 2 aromatic rings. The highest BCUT2D eigenvalue weighted by Gasteiger charge is 2.15. The third kappa shape index (κ3) is 2.32. The smallest absolute Gasteiger partial charge is 0.241 e. The number of nitrogens with zero attached hydrogens (tertiary/aromatic N) is 5. The lowest BCUT2D eigenvalue weighted by atomic mass is 10.3. The highest BCUT2D eigenvalue weighted by molar-refractivity contribution is 5.44. The number of hydrogen-bond acceptors (Lipinski definition) is 7. The number of aromatic nitrogens is 5. The molecule has 0 radical (unpaired) electrons. The van der Waals surface area contributed by atoms with Gasteiger partial charge in [-0.1, -0.05) is 5.16 Å². The van der Waals surface area contributed by atoms with E-state index in [0.29, 0.717) is 24.0 Å². The highest BCUT2D eigenvalue weighted by Crippen LogP contribution is 2.11. The van der Waals surface area contributed by atoms with Gasteiger partial charge in [-0.05, 0) is 0 Å². The molecule has 1 saturated heterocycles. The first kappa shape index (κ1) is 10.4. The molecule has 1 aliphatic heterocycles. The molecule has 0 aromatic carbocycles. The molecule has 1 aliphatic rings. The molecule has 17 heavy (non-hydrogen) atoms. The Labute approximate surface area is 97.4 Å². The summed E-state index contributed by atoms with van der Waals surface area (Å²) in [5.74, 6) is 1.09. The van der Waals surface area contributed by atoms with E-state index in [1.54, 1.807) is 6.20 Å². The van der Waals surface area contributed by atoms with Crippen molar-refractivity contribution in [2.75, 3.05) is 26.2 Å². The Morgan fingerprint density at radius 2 is 2.24 bits per heavy atom. The van der Waals surface area contributed by atoms with E-state index in [1.165, 1.54) is 0 Å². The molecule has 0 aliphatic carbocycles. The Morgan fingerprint density at radius 1 is 1.35 bits per heavy atom. The molecule has 0 unspecified atom stereocenters. The van der Waals surface area contributed by atoms with Gasteiger partial charge in [-0.3, -0.25) is 4.90 Å². The van der Waals surface area contributed by atoms with Crippen LogP contribution in [0.25, 0.3) is 11.5 Å². The van der Waals surface area contributed by atoms with E-state index in [-0.39, 0.29) is 0 Å². The maximum atomic E-state index is 5.19. The SMILES string of the molecule is c1n[nH]nc1-c1noc(CN2CCNCC2)n1. The van der Waals surface area contributed by atoms with Crippen molar-refractivity contribution in [1.82, 2.24) is 35.8 Å². The molecule has 2 N–H and O–H groups in total. The summed E-state index contributed by atoms with van der Waals surface area (Å²) < 4.78 is 5.19. The summed E-state index contributed by atoms with van der Waals surface area (Å²) in [5, 5.41) is 17.3. The van der Waals surface area contributed by atoms with Crippen LogP contribution in [0.4, 0.5) is 0 Å². The number of rotatable bonds is 3. The summed E-state index contributed by atoms with van der Waals surface area (Å²) in [7, 11) is 0. The fraction of sp³-hybridized carbons (Fsp3) is 0.556. The Morgan fingerprint density at radius 3 is 3.00 bits per heavy atom. The van der Waals surface area contributed by atoms with Gasteiger partial charge in [-0.2, -0.15) is 20.4 Å². The van der Waals surface area contributed by atoms with Gasteiger partial charge in [0.15, 0.2) is 5.69 Å². The van der Waals surface area contributed by atoms with Crippen LogP contribution in [0.5, 0.6) is 0 Å². The predicted octanol–water partition coefficient (Wildman–Crippen LogP) is -0.740. The second-order valence-electron chi connectivity index (χ2n) is 3.89. The second-order valence-corrected chi connectivity index (χ2v) is 3.89. The van der Waals surface area contributed by atoms with Crippen LogP contribution >= 0.6 is 0 Å². The minimum Gasteiger partial charge on any atom is -0.337 e. The van der Waals surface area contributed by atoms with Crippen LogP contribution in [0.15, 0.2) is 10.7 Å². The lowest BCUT2D eigenvalue weighted by molar-refractivity contribution is 0.203. The Bertz CT molecular complexity index is 459. The molecule has 0 spiro atoms. The van der Waals surface area contributed by atoms with Crippen LogP contribution < -0.4 is 5.32 Å². The Hall–Kier alpha value is -1.80. The van der Waals surface area contributed by atoms with E-state index in [9.17, 15) is 0 Å². The largest absolute Gasteiger partial charge is 0.337 e. The monoisotopic (exact) mass is 235 g/mol. The number of aromatic amines is 1. The molecule has 2 aromatic heterocycles. The van der Waals surface area contributed by atoms with Crippen molar-refractivity contribution >= 4 is 0 Å². The number of H-pyrrole nitrogens is 1. The molecule has 90 valence electrons. The summed E-state index contributed by atoms with van der Waals surface area (Å²) >= 11 is 0. The van der Waals surface area contributed by atoms with Gasteiger partial charge in [0.25, 0.3) is 0 Å². The predicted molar refractivity (Wildman–Crippen MR) is 57.8 cm³/mol. The van der Waals surface area contributed by atoms with Crippen LogP contribution in [-0.4, -0.2) is 56.6 Å². The zero-order valence-corrected chi connectivity index (χ0v) is 9.26. The van der Waals surface area contributed by atoms with E-state index in [2.05, 4.69) is 35.8 Å². The standard InChI is InChI=1S/C9H13N7O/c1-3-16(4-2-10-1)6-8-12-9(14-17-8)7-5-11-15-13-7/h5,10H,1-4,6H2,(H,11,13,15). The number of hydrogen-bond donors (Lipinski definition) is 2. The summed E-state index contributed by atoms with van der Waals surface area (Å²) in [6, 6.07) is 0. The minimum absolute atomic E-state index is 0.476. The molecule has 3 heterocycles. The van der Waals surface area contributed by atoms with Gasteiger partial charge in [0.1, 0.15) is 0 Å². The molecule has 3 rings (SSSR count). The van der Waals surface area contributed by atoms with Gasteiger partial charge in [0, 0.05) is 26.2 Å². The van der Waals surface area contributed by atoms with E-state index in [4.69, 9.17) is 4.52 Å². The zero-order chi connectivity index (χ0) is 11.5. The fourth-order valence-corrected chi connectivity index (χ4v) is 1.79. The van der Waals surface area contributed by atoms with Crippen LogP contribution in [0.1, 0.15) is 5.89 Å². The summed E-state index contributed by atoms with van der Waals surface area (Å²) in [6.45, 7) is 4.70. The van der Waals surface area contributed by atoms with Crippen molar-refractivity contribution in [1.29, 1.82) is 0 Å². The fourth-order valence-electron chi connectivity index (χ4n) is 1.79. The summed E-state index contributed by atoms with van der Waals surface area (Å²) in [6.07, 6.45) is 1.57. The maximum Gasteiger partial charge on any atom is 0.241 e. The summed E-state index contributed by atoms with van der Waals surface area (Å²) in [4.78, 5) is 6.56. The molecular weight excluding hydrogens is 222 g/mol. The first-order chi connectivity index (χ1) is 8.42. The molecule has 0 bridgehead atoms. The number of nitrogens with one attached hydrogen (secondary N) is 2. The number of piperazine rings is 1. The van der Waals surface area contributed by atoms with Crippen LogP contribution in [0.3, 0.4) is 0 Å². The van der Waals surface area contributed by atoms with Crippen molar-refractivity contribution in [3.63, 3.8) is 0 Å². The van der Waals surface area contributed by atoms with Gasteiger partial charge in [-0.15, -0.1) is 0 Å². The van der Waals surface area contributed by atoms with Crippen molar-refractivity contribution < 1.29 is 4.52 Å². The average Bonchev–Trinajstić information content (AvgIpc) is 3.00. The average molecular weight is 235 g/mol. The molecule has 0 saturated carbocycles. The second kappa shape index (κ2) is 4.60. The van der Waals surface area contributed by atoms with Crippen molar-refractivity contribution in [2.45, 2.75) is 6.54 Å². The Balaban J connectivity index is 1.68. The molecule has 8 nitrogen and oxygen atoms in total. The van der Waals surface area contributed by atoms with Gasteiger partial charge in [-0.25, -0.2) is 0 Å². The van der Waals surface area contributed by atoms with Gasteiger partial charge in [0.05, 0.1) is 12.7 Å². The quantitative estimate of drug-likeness (QED) is 0.723. The van der Waals surface area contributed by atoms with Crippen molar-refractivity contribution in [3.05, 3.63) is 12.1 Å². The first-order valence-electron chi connectivity index (χ1n) is 5.53. The third-order valence-corrected chi connectivity index (χ3v) is 2.68. The lowest BCUT2D eigenvalue weighted by Gasteiger charge is -2.25. The zero-order valence-electron chi connectivity index (χ0n) is 9.26. The molecule has 0 atom stereocenters. The van der Waals surface area contributed by atoms with Gasteiger partial charge >= 0.3 is 0 Å². The Kier molecular flexibility index (Phi) is 2.80. The minimum atomic E-state index is 0.476. The molecule has 8 heteroatoms. The maximum absolute atomic E-state index is 5.19. The molecule has 1 fully saturated rings. The molecule has 0 amide bonds. The van der Waals surface area contributed by atoms with Crippen molar-refractivity contribution in [2.24, 2.45) is 0 Å². The van der Waals surface area contributed by atoms with E-state index in [0.717, 1.165) is 26.2 Å². The first-order valence-corrected chi connectivity index (χ1v) is 5.53. The normalized spacial score (nSPS) is 17.4. The highest BCUT2D eigenvalue weighted by atomic mass is 16.5. The van der Waals surface area contributed by atoms with Crippen LogP contribution in [0, 0.1) is 0 Å². The summed E-state index contributed by atoms with van der Waals surface area (Å²) in [5.41, 5.74) is 0.598. The van der Waals surface area contributed by atoms with E-state index >= 15 is 0 Å². The van der Waals surface area contributed by atoms with Gasteiger partial charge in [0.2, 0.25) is 11.7 Å². The van der Waals surface area contributed by atoms with Crippen molar-refractivity contribution in [3.8, 4) is 11.5 Å². The van der Waals surface area contributed by atoms with E-state index in [1.807, 2.05) is 0 Å². The van der Waals surface area contributed by atoms with Gasteiger partial charge < -0.3 is 9.84 Å². The lowest BCUT2D eigenvalue weighted by Crippen LogP contribution is -2.42. The van der Waals surface area contributed by atoms with E-state index < -0.39 is 0 Å². The third-order valence-electron chi connectivity index (χ3n) is 2.68. The van der Waals surface area contributed by atoms with Crippen LogP contribution in [-0.2, 0) is 6.54 Å². The van der Waals surface area contributed by atoms with Crippen LogP contribution in [0.2, 0.25) is 0 Å².